The second-order valence-corrected chi connectivity index (χ2v) is 3.78. The first-order valence-corrected chi connectivity index (χ1v) is 6.36. The minimum absolute atomic E-state index is 0.0407. The molecule has 1 heterocycles. The molecule has 0 aromatic heterocycles. The van der Waals surface area contributed by atoms with Crippen LogP contribution in [0.2, 0.25) is 0 Å². The molecule has 0 atom stereocenters. The minimum atomic E-state index is 0.0407. The molecule has 0 spiro atoms. The molecule has 0 unspecified atom stereocenters. The van der Waals surface area contributed by atoms with Gasteiger partial charge in [0.1, 0.15) is 6.29 Å². The summed E-state index contributed by atoms with van der Waals surface area (Å²) in [6.45, 7) is 7.18. The van der Waals surface area contributed by atoms with Crippen molar-refractivity contribution in [3.05, 3.63) is 35.4 Å². The summed E-state index contributed by atoms with van der Waals surface area (Å²) in [5.74, 6) is 0.0407. The summed E-state index contributed by atoms with van der Waals surface area (Å²) in [4.78, 5) is 24.3. The Kier molecular flexibility index (Phi) is 6.08. The molecule has 4 nitrogen and oxygen atoms in total. The Morgan fingerprint density at radius 1 is 1.17 bits per heavy atom. The Labute approximate surface area is 108 Å². The number of amides is 1. The second-order valence-electron chi connectivity index (χ2n) is 3.78. The number of carbonyl (C=O) groups excluding carboxylic acids is 2. The molecule has 1 N–H and O–H groups in total. The van der Waals surface area contributed by atoms with Crippen LogP contribution in [0.15, 0.2) is 24.3 Å². The fourth-order valence-corrected chi connectivity index (χ4v) is 1.75. The molecule has 1 aliphatic rings. The monoisotopic (exact) mass is 248 g/mol. The van der Waals surface area contributed by atoms with Crippen LogP contribution in [0.25, 0.3) is 0 Å². The van der Waals surface area contributed by atoms with Gasteiger partial charge < -0.3 is 10.2 Å². The van der Waals surface area contributed by atoms with Crippen LogP contribution in [0.4, 0.5) is 0 Å². The van der Waals surface area contributed by atoms with Gasteiger partial charge in [0, 0.05) is 37.3 Å². The maximum absolute atomic E-state index is 12.0. The lowest BCUT2D eigenvalue weighted by molar-refractivity contribution is 0.0735. The number of hydrogen-bond acceptors (Lipinski definition) is 3. The largest absolute Gasteiger partial charge is 0.336 e. The molecular weight excluding hydrogens is 228 g/mol. The zero-order valence-electron chi connectivity index (χ0n) is 11.0. The van der Waals surface area contributed by atoms with Crippen molar-refractivity contribution in [2.75, 3.05) is 26.2 Å². The van der Waals surface area contributed by atoms with Crippen molar-refractivity contribution in [3.63, 3.8) is 0 Å². The van der Waals surface area contributed by atoms with Gasteiger partial charge in [-0.05, 0) is 12.1 Å². The van der Waals surface area contributed by atoms with Crippen LogP contribution in [0.1, 0.15) is 34.6 Å². The maximum Gasteiger partial charge on any atom is 0.253 e. The minimum Gasteiger partial charge on any atom is -0.336 e. The molecule has 98 valence electrons. The highest BCUT2D eigenvalue weighted by molar-refractivity contribution is 5.94. The molecule has 4 heteroatoms. The van der Waals surface area contributed by atoms with E-state index in [1.165, 1.54) is 0 Å². The van der Waals surface area contributed by atoms with Crippen LogP contribution in [0.5, 0.6) is 0 Å². The molecule has 18 heavy (non-hydrogen) atoms. The Morgan fingerprint density at radius 3 is 2.22 bits per heavy atom. The van der Waals surface area contributed by atoms with Gasteiger partial charge in [-0.2, -0.15) is 0 Å². The van der Waals surface area contributed by atoms with E-state index >= 15 is 0 Å². The predicted octanol–water partition coefficient (Wildman–Crippen LogP) is 1.57. The Bertz CT molecular complexity index is 381. The Morgan fingerprint density at radius 2 is 1.72 bits per heavy atom. The average Bonchev–Trinajstić information content (AvgIpc) is 2.49. The summed E-state index contributed by atoms with van der Waals surface area (Å²) in [5, 5.41) is 3.20. The van der Waals surface area contributed by atoms with Crippen molar-refractivity contribution in [1.29, 1.82) is 0 Å². The van der Waals surface area contributed by atoms with E-state index in [2.05, 4.69) is 5.32 Å². The molecule has 1 fully saturated rings. The van der Waals surface area contributed by atoms with E-state index in [1.807, 2.05) is 18.7 Å². The summed E-state index contributed by atoms with van der Waals surface area (Å²) in [7, 11) is 0. The molecule has 0 bridgehead atoms. The van der Waals surface area contributed by atoms with Gasteiger partial charge >= 0.3 is 0 Å². The van der Waals surface area contributed by atoms with Gasteiger partial charge in [-0.25, -0.2) is 0 Å². The topological polar surface area (TPSA) is 49.4 Å². The van der Waals surface area contributed by atoms with Crippen LogP contribution in [0.3, 0.4) is 0 Å². The first-order chi connectivity index (χ1) is 8.81. The fraction of sp³-hybridized carbons (Fsp3) is 0.429. The lowest BCUT2D eigenvalue weighted by atomic mass is 10.1. The summed E-state index contributed by atoms with van der Waals surface area (Å²) in [6.07, 6.45) is 0.777. The number of nitrogens with one attached hydrogen (secondary N) is 1. The first kappa shape index (κ1) is 14.4. The third-order valence-electron chi connectivity index (χ3n) is 2.70. The van der Waals surface area contributed by atoms with Gasteiger partial charge in [-0.3, -0.25) is 9.59 Å². The maximum atomic E-state index is 12.0. The summed E-state index contributed by atoms with van der Waals surface area (Å²) in [6, 6.07) is 6.74. The van der Waals surface area contributed by atoms with E-state index in [9.17, 15) is 9.59 Å². The number of benzene rings is 1. The van der Waals surface area contributed by atoms with Crippen LogP contribution in [0, 0.1) is 0 Å². The fourth-order valence-electron chi connectivity index (χ4n) is 1.75. The smallest absolute Gasteiger partial charge is 0.253 e. The number of nitrogens with zero attached hydrogens (tertiary/aromatic N) is 1. The Balaban J connectivity index is 0.000000771. The van der Waals surface area contributed by atoms with Crippen LogP contribution in [-0.4, -0.2) is 43.3 Å². The van der Waals surface area contributed by atoms with Crippen molar-refractivity contribution in [2.45, 2.75) is 13.8 Å². The van der Waals surface area contributed by atoms with Gasteiger partial charge in [0.2, 0.25) is 0 Å². The number of hydrogen-bond donors (Lipinski definition) is 1. The van der Waals surface area contributed by atoms with Gasteiger partial charge in [-0.15, -0.1) is 0 Å². The second kappa shape index (κ2) is 7.61. The molecular formula is C14H20N2O2. The van der Waals surface area contributed by atoms with Gasteiger partial charge in [-0.1, -0.05) is 26.0 Å². The normalized spacial score (nSPS) is 14.4. The lowest BCUT2D eigenvalue weighted by Crippen LogP contribution is -2.46. The van der Waals surface area contributed by atoms with E-state index < -0.39 is 0 Å². The molecule has 1 aromatic rings. The lowest BCUT2D eigenvalue weighted by Gasteiger charge is -2.27. The van der Waals surface area contributed by atoms with E-state index in [0.29, 0.717) is 11.1 Å². The van der Waals surface area contributed by atoms with E-state index in [4.69, 9.17) is 0 Å². The standard InChI is InChI=1S/C12H14N2O2.C2H6/c15-9-10-1-3-11(4-2-10)12(16)14-7-5-13-6-8-14;1-2/h1-4,9,13H,5-8H2;1-2H3. The van der Waals surface area contributed by atoms with Crippen molar-refractivity contribution >= 4 is 12.2 Å². The summed E-state index contributed by atoms with van der Waals surface area (Å²) < 4.78 is 0. The van der Waals surface area contributed by atoms with Gasteiger partial charge in [0.05, 0.1) is 0 Å². The molecule has 0 aliphatic carbocycles. The molecule has 1 saturated heterocycles. The molecule has 0 radical (unpaired) electrons. The zero-order valence-corrected chi connectivity index (χ0v) is 11.0. The SMILES string of the molecule is CC.O=Cc1ccc(C(=O)N2CCNCC2)cc1. The van der Waals surface area contributed by atoms with Crippen LogP contribution >= 0.6 is 0 Å². The number of aldehydes is 1. The third-order valence-corrected chi connectivity index (χ3v) is 2.70. The molecule has 1 amide bonds. The molecule has 2 rings (SSSR count). The highest BCUT2D eigenvalue weighted by Gasteiger charge is 2.17. The highest BCUT2D eigenvalue weighted by atomic mass is 16.2. The zero-order chi connectivity index (χ0) is 13.4. The quantitative estimate of drug-likeness (QED) is 0.808. The summed E-state index contributed by atoms with van der Waals surface area (Å²) in [5.41, 5.74) is 1.24. The van der Waals surface area contributed by atoms with E-state index in [1.54, 1.807) is 24.3 Å². The van der Waals surface area contributed by atoms with Crippen LogP contribution in [-0.2, 0) is 0 Å². The van der Waals surface area contributed by atoms with Gasteiger partial charge in [0.25, 0.3) is 5.91 Å². The number of carbonyl (C=O) groups is 2. The van der Waals surface area contributed by atoms with Crippen LogP contribution < -0.4 is 5.32 Å². The van der Waals surface area contributed by atoms with Crippen molar-refractivity contribution in [1.82, 2.24) is 10.2 Å². The third kappa shape index (κ3) is 3.67. The van der Waals surface area contributed by atoms with Crippen molar-refractivity contribution in [3.8, 4) is 0 Å². The molecule has 0 saturated carbocycles. The molecule has 1 aromatic carbocycles. The van der Waals surface area contributed by atoms with E-state index in [0.717, 1.165) is 32.5 Å². The summed E-state index contributed by atoms with van der Waals surface area (Å²) >= 11 is 0. The number of piperazine rings is 1. The van der Waals surface area contributed by atoms with Gasteiger partial charge in [0.15, 0.2) is 0 Å². The predicted molar refractivity (Wildman–Crippen MR) is 72.0 cm³/mol. The Hall–Kier alpha value is -1.68. The van der Waals surface area contributed by atoms with E-state index in [-0.39, 0.29) is 5.91 Å². The molecule has 1 aliphatic heterocycles. The first-order valence-electron chi connectivity index (χ1n) is 6.36. The van der Waals surface area contributed by atoms with Crippen molar-refractivity contribution < 1.29 is 9.59 Å². The highest BCUT2D eigenvalue weighted by Crippen LogP contribution is 2.07. The average molecular weight is 248 g/mol. The number of rotatable bonds is 2. The van der Waals surface area contributed by atoms with Crippen molar-refractivity contribution in [2.24, 2.45) is 0 Å².